The maximum atomic E-state index is 13.9. The molecule has 6 atom stereocenters. The zero-order chi connectivity index (χ0) is 24.7. The van der Waals surface area contributed by atoms with E-state index in [2.05, 4.69) is 23.2 Å². The van der Waals surface area contributed by atoms with Gasteiger partial charge in [0.2, 0.25) is 11.7 Å². The Bertz CT molecular complexity index is 1150. The van der Waals surface area contributed by atoms with Gasteiger partial charge in [0.1, 0.15) is 23.8 Å². The van der Waals surface area contributed by atoms with E-state index in [4.69, 9.17) is 4.99 Å². The summed E-state index contributed by atoms with van der Waals surface area (Å²) in [6.45, 7) is 10.0. The molecule has 1 amide bonds. The molecule has 0 aliphatic carbocycles. The topological polar surface area (TPSA) is 47.9 Å². The predicted molar refractivity (Wildman–Crippen MR) is 138 cm³/mol. The van der Waals surface area contributed by atoms with Crippen molar-refractivity contribution in [1.82, 2.24) is 15.1 Å². The number of amides is 1. The van der Waals surface area contributed by atoms with Crippen LogP contribution < -0.4 is 5.32 Å². The van der Waals surface area contributed by atoms with Crippen LogP contribution in [0, 0.1) is 11.7 Å². The molecule has 1 N–H and O–H groups in total. The second-order valence-corrected chi connectivity index (χ2v) is 12.2. The highest BCUT2D eigenvalue weighted by Gasteiger charge is 2.78. The van der Waals surface area contributed by atoms with E-state index in [1.54, 1.807) is 12.1 Å². The first kappa shape index (κ1) is 23.1. The summed E-state index contributed by atoms with van der Waals surface area (Å²) in [5, 5.41) is 3.60. The first-order valence-electron chi connectivity index (χ1n) is 14.1. The zero-order valence-electron chi connectivity index (χ0n) is 21.7. The number of rotatable bonds is 4. The Kier molecular flexibility index (Phi) is 5.25. The van der Waals surface area contributed by atoms with Gasteiger partial charge in [-0.3, -0.25) is 9.69 Å². The third kappa shape index (κ3) is 3.25. The molecule has 4 saturated heterocycles. The summed E-state index contributed by atoms with van der Waals surface area (Å²) >= 11 is 0. The maximum absolute atomic E-state index is 13.9. The minimum Gasteiger partial charge on any atom is -0.336 e. The Hall–Kier alpha value is -2.09. The van der Waals surface area contributed by atoms with Crippen molar-refractivity contribution < 1.29 is 13.7 Å². The molecule has 7 rings (SSSR count). The Labute approximate surface area is 213 Å². The van der Waals surface area contributed by atoms with Crippen LogP contribution >= 0.6 is 0 Å². The third-order valence-corrected chi connectivity index (χ3v) is 10.6. The molecule has 36 heavy (non-hydrogen) atoms. The van der Waals surface area contributed by atoms with E-state index in [9.17, 15) is 9.18 Å². The van der Waals surface area contributed by atoms with E-state index < -0.39 is 0 Å². The molecule has 4 fully saturated rings. The molecular formula is C29H39FN5O+. The van der Waals surface area contributed by atoms with Gasteiger partial charge in [-0.05, 0) is 43.0 Å². The molecule has 6 heterocycles. The van der Waals surface area contributed by atoms with Crippen molar-refractivity contribution in [1.29, 1.82) is 0 Å². The van der Waals surface area contributed by atoms with Crippen LogP contribution in [-0.2, 0) is 4.79 Å². The van der Waals surface area contributed by atoms with E-state index in [-0.39, 0.29) is 11.7 Å². The van der Waals surface area contributed by atoms with Crippen molar-refractivity contribution in [2.45, 2.75) is 75.9 Å². The predicted octanol–water partition coefficient (Wildman–Crippen LogP) is 3.61. The van der Waals surface area contributed by atoms with E-state index in [0.29, 0.717) is 42.4 Å². The number of quaternary nitrogens is 1. The Morgan fingerprint density at radius 1 is 1.25 bits per heavy atom. The summed E-state index contributed by atoms with van der Waals surface area (Å²) in [5.74, 6) is 2.33. The fourth-order valence-electron chi connectivity index (χ4n) is 8.88. The summed E-state index contributed by atoms with van der Waals surface area (Å²) < 4.78 is 15.0. The van der Waals surface area contributed by atoms with Crippen molar-refractivity contribution >= 4 is 11.7 Å². The summed E-state index contributed by atoms with van der Waals surface area (Å²) in [5.41, 5.74) is 4.17. The van der Waals surface area contributed by atoms with Crippen molar-refractivity contribution in [2.75, 3.05) is 39.3 Å². The van der Waals surface area contributed by atoms with Crippen molar-refractivity contribution in [3.05, 3.63) is 47.0 Å². The summed E-state index contributed by atoms with van der Waals surface area (Å²) in [7, 11) is 0. The first-order chi connectivity index (χ1) is 17.4. The van der Waals surface area contributed by atoms with E-state index in [0.717, 1.165) is 42.6 Å². The number of hydrogen-bond acceptors (Lipinski definition) is 4. The van der Waals surface area contributed by atoms with E-state index in [1.165, 1.54) is 49.5 Å². The number of nitrogens with one attached hydrogen (secondary N) is 1. The molecule has 2 spiro atoms. The monoisotopic (exact) mass is 492 g/mol. The van der Waals surface area contributed by atoms with E-state index >= 15 is 0 Å². The number of benzene rings is 1. The molecule has 2 unspecified atom stereocenters. The summed E-state index contributed by atoms with van der Waals surface area (Å²) in [6, 6.07) is 8.55. The van der Waals surface area contributed by atoms with Crippen LogP contribution in [0.4, 0.5) is 4.39 Å². The lowest BCUT2D eigenvalue weighted by Gasteiger charge is -2.41. The fourth-order valence-corrected chi connectivity index (χ4v) is 8.88. The summed E-state index contributed by atoms with van der Waals surface area (Å²) in [4.78, 5) is 22.3. The molecular weight excluding hydrogens is 453 g/mol. The lowest BCUT2D eigenvalue weighted by Crippen LogP contribution is -2.53. The first-order valence-corrected chi connectivity index (χ1v) is 14.1. The van der Waals surface area contributed by atoms with Gasteiger partial charge in [0, 0.05) is 70.2 Å². The lowest BCUT2D eigenvalue weighted by atomic mass is 9.85. The van der Waals surface area contributed by atoms with Crippen LogP contribution in [0.1, 0.15) is 63.9 Å². The molecule has 1 aromatic rings. The number of halogens is 1. The molecule has 6 aliphatic heterocycles. The number of nitrogens with zero attached hydrogens (tertiary/aromatic N) is 4. The molecule has 0 radical (unpaired) electrons. The molecule has 7 heteroatoms. The number of carbonyl (C=O) groups excluding carboxylic acids is 1. The molecule has 192 valence electrons. The highest BCUT2D eigenvalue weighted by atomic mass is 19.1. The van der Waals surface area contributed by atoms with Crippen LogP contribution in [0.5, 0.6) is 0 Å². The normalized spacial score (nSPS) is 39.3. The summed E-state index contributed by atoms with van der Waals surface area (Å²) in [6.07, 6.45) is 6.68. The highest BCUT2D eigenvalue weighted by molar-refractivity contribution is 5.81. The standard InChI is InChI=1S/C29H39FN5O/c1-3-28(36)33-10-9-27-26(17-33)32-19(2)35(27)18-29(35)12-23-7-8-24(13-29)34(23)16-21-14-31-15-25(21)20-5-4-6-22(30)11-20/h4-6,11,21,23-25,31H,3,7-10,12-18H2,1-2H3/q+1/t21-,23-,24+,25-,29?,35?/m1/s1. The number of fused-ring (bicyclic) bond motifs is 4. The van der Waals surface area contributed by atoms with E-state index in [1.807, 2.05) is 17.9 Å². The number of aliphatic imine (C=N–C) groups is 1. The van der Waals surface area contributed by atoms with Crippen molar-refractivity contribution in [3.8, 4) is 0 Å². The minimum atomic E-state index is -0.123. The average molecular weight is 493 g/mol. The largest absolute Gasteiger partial charge is 0.336 e. The number of carbonyl (C=O) groups is 1. The Balaban J connectivity index is 1.08. The highest BCUT2D eigenvalue weighted by Crippen LogP contribution is 2.62. The Morgan fingerprint density at radius 2 is 2.06 bits per heavy atom. The zero-order valence-corrected chi connectivity index (χ0v) is 21.7. The smallest absolute Gasteiger partial charge is 0.222 e. The van der Waals surface area contributed by atoms with Crippen LogP contribution in [0.15, 0.2) is 40.7 Å². The second-order valence-electron chi connectivity index (χ2n) is 12.2. The molecule has 0 aromatic heterocycles. The van der Waals surface area contributed by atoms with Crippen molar-refractivity contribution in [3.63, 3.8) is 0 Å². The number of hydrogen-bond donors (Lipinski definition) is 1. The molecule has 0 saturated carbocycles. The van der Waals surface area contributed by atoms with Crippen LogP contribution in [0.25, 0.3) is 0 Å². The Morgan fingerprint density at radius 3 is 2.81 bits per heavy atom. The molecule has 1 aromatic carbocycles. The van der Waals surface area contributed by atoms with Crippen LogP contribution in [-0.4, -0.2) is 82.9 Å². The lowest BCUT2D eigenvalue weighted by molar-refractivity contribution is -0.694. The van der Waals surface area contributed by atoms with Gasteiger partial charge in [0.15, 0.2) is 5.54 Å². The fraction of sp³-hybridized carbons (Fsp3) is 0.655. The maximum Gasteiger partial charge on any atom is 0.222 e. The van der Waals surface area contributed by atoms with Crippen LogP contribution in [0.3, 0.4) is 0 Å². The van der Waals surface area contributed by atoms with Gasteiger partial charge < -0.3 is 10.2 Å². The van der Waals surface area contributed by atoms with Gasteiger partial charge >= 0.3 is 0 Å². The van der Waals surface area contributed by atoms with Gasteiger partial charge in [-0.15, -0.1) is 0 Å². The van der Waals surface area contributed by atoms with Gasteiger partial charge in [-0.25, -0.2) is 8.87 Å². The van der Waals surface area contributed by atoms with Gasteiger partial charge in [0.05, 0.1) is 6.54 Å². The van der Waals surface area contributed by atoms with Crippen LogP contribution in [0.2, 0.25) is 0 Å². The third-order valence-electron chi connectivity index (χ3n) is 10.6. The molecule has 6 aliphatic rings. The average Bonchev–Trinajstić information content (AvgIpc) is 3.10. The number of amidine groups is 1. The number of piperidine rings is 1. The minimum absolute atomic E-state index is 0.123. The van der Waals surface area contributed by atoms with Gasteiger partial charge in [-0.2, -0.15) is 4.99 Å². The molecule has 2 bridgehead atoms. The quantitative estimate of drug-likeness (QED) is 0.516. The second kappa shape index (κ2) is 8.20. The van der Waals surface area contributed by atoms with Crippen molar-refractivity contribution in [2.24, 2.45) is 10.9 Å². The van der Waals surface area contributed by atoms with Gasteiger partial charge in [0.25, 0.3) is 0 Å². The van der Waals surface area contributed by atoms with Gasteiger partial charge in [-0.1, -0.05) is 19.1 Å². The SMILES string of the molecule is CCC(=O)N1CCC2=C(C1)N=C(C)[N+]21CC12C[C@H]1CC[C@@H](C2)N1C[C@H]1CNC[C@@H]1c1cccc(F)c1. The molecule has 6 nitrogen and oxygen atoms in total.